The van der Waals surface area contributed by atoms with Crippen molar-refractivity contribution in [3.8, 4) is 5.75 Å². The highest BCUT2D eigenvalue weighted by atomic mass is 35.5. The van der Waals surface area contributed by atoms with Gasteiger partial charge in [-0.2, -0.15) is 0 Å². The Bertz CT molecular complexity index is 777. The van der Waals surface area contributed by atoms with Gasteiger partial charge in [0.15, 0.2) is 0 Å². The Morgan fingerprint density at radius 1 is 0.917 bits per heavy atom. The quantitative estimate of drug-likeness (QED) is 0.757. The zero-order chi connectivity index (χ0) is 14.8. The fourth-order valence-electron chi connectivity index (χ4n) is 3.17. The molecule has 0 bridgehead atoms. The molecule has 0 spiro atoms. The van der Waals surface area contributed by atoms with Gasteiger partial charge in [0.05, 0.1) is 0 Å². The highest BCUT2D eigenvalue weighted by molar-refractivity contribution is 5.87. The predicted molar refractivity (Wildman–Crippen MR) is 103 cm³/mol. The van der Waals surface area contributed by atoms with Gasteiger partial charge in [-0.3, -0.25) is 4.98 Å². The van der Waals surface area contributed by atoms with Gasteiger partial charge in [-0.25, -0.2) is 0 Å². The second-order valence-corrected chi connectivity index (χ2v) is 5.68. The first-order valence-electron chi connectivity index (χ1n) is 7.67. The summed E-state index contributed by atoms with van der Waals surface area (Å²) in [7, 11) is 0. The van der Waals surface area contributed by atoms with Crippen molar-refractivity contribution in [1.29, 1.82) is 0 Å². The standard InChI is InChI=1S/C19H18N2O.2ClH/c1-2-5-14(6-3-1)17-12-21-13-19(17)22-18-8-4-7-15-11-20-10-9-16(15)18;;/h1-11,17,19,21H,12-13H2;2*1H/t17-,19+;;/m1../s1. The summed E-state index contributed by atoms with van der Waals surface area (Å²) in [6.07, 6.45) is 3.85. The Morgan fingerprint density at radius 2 is 1.75 bits per heavy atom. The van der Waals surface area contributed by atoms with E-state index in [1.807, 2.05) is 30.6 Å². The van der Waals surface area contributed by atoms with Gasteiger partial charge in [0, 0.05) is 42.2 Å². The maximum atomic E-state index is 6.37. The summed E-state index contributed by atoms with van der Waals surface area (Å²) in [5, 5.41) is 5.69. The number of fused-ring (bicyclic) bond motifs is 1. The van der Waals surface area contributed by atoms with Crippen molar-refractivity contribution in [3.05, 3.63) is 72.6 Å². The summed E-state index contributed by atoms with van der Waals surface area (Å²) in [4.78, 5) is 4.18. The van der Waals surface area contributed by atoms with Crippen molar-refractivity contribution in [2.45, 2.75) is 12.0 Å². The highest BCUT2D eigenvalue weighted by Crippen LogP contribution is 2.30. The molecule has 3 aromatic rings. The number of halogens is 2. The van der Waals surface area contributed by atoms with E-state index in [1.165, 1.54) is 5.56 Å². The van der Waals surface area contributed by atoms with Crippen LogP contribution in [0.2, 0.25) is 0 Å². The number of ether oxygens (including phenoxy) is 1. The SMILES string of the molecule is Cl.Cl.c1ccc([C@H]2CNC[C@@H]2Oc2cccc3cnccc23)cc1. The van der Waals surface area contributed by atoms with Crippen molar-refractivity contribution in [1.82, 2.24) is 10.3 Å². The van der Waals surface area contributed by atoms with Gasteiger partial charge in [0.25, 0.3) is 0 Å². The Labute approximate surface area is 154 Å². The van der Waals surface area contributed by atoms with Crippen LogP contribution >= 0.6 is 24.8 Å². The van der Waals surface area contributed by atoms with Crippen LogP contribution < -0.4 is 10.1 Å². The van der Waals surface area contributed by atoms with Gasteiger partial charge in [0.2, 0.25) is 0 Å². The number of aromatic nitrogens is 1. The third kappa shape index (κ3) is 3.64. The molecular formula is C19H20Cl2N2O. The number of pyridine rings is 1. The Balaban J connectivity index is 0.00000104. The van der Waals surface area contributed by atoms with Gasteiger partial charge in [-0.05, 0) is 17.7 Å². The Hall–Kier alpha value is -1.81. The molecule has 3 nitrogen and oxygen atoms in total. The molecule has 1 saturated heterocycles. The molecule has 1 aromatic heterocycles. The molecule has 2 heterocycles. The summed E-state index contributed by atoms with van der Waals surface area (Å²) in [5.74, 6) is 1.33. The van der Waals surface area contributed by atoms with Crippen molar-refractivity contribution in [2.24, 2.45) is 0 Å². The van der Waals surface area contributed by atoms with Gasteiger partial charge in [-0.1, -0.05) is 42.5 Å². The van der Waals surface area contributed by atoms with E-state index in [1.54, 1.807) is 0 Å². The van der Waals surface area contributed by atoms with Crippen molar-refractivity contribution < 1.29 is 4.74 Å². The third-order valence-electron chi connectivity index (χ3n) is 4.31. The maximum absolute atomic E-state index is 6.37. The first kappa shape index (κ1) is 18.5. The molecule has 0 amide bonds. The van der Waals surface area contributed by atoms with Crippen LogP contribution in [0.25, 0.3) is 10.8 Å². The van der Waals surface area contributed by atoms with Crippen LogP contribution in [0, 0.1) is 0 Å². The molecule has 0 radical (unpaired) electrons. The van der Waals surface area contributed by atoms with E-state index in [-0.39, 0.29) is 30.9 Å². The number of hydrogen-bond donors (Lipinski definition) is 1. The Kier molecular flexibility index (Phi) is 6.44. The molecule has 2 atom stereocenters. The van der Waals surface area contributed by atoms with E-state index in [0.717, 1.165) is 29.6 Å². The molecule has 1 aliphatic rings. The lowest BCUT2D eigenvalue weighted by Crippen LogP contribution is -2.24. The van der Waals surface area contributed by atoms with Gasteiger partial charge < -0.3 is 10.1 Å². The molecule has 1 N–H and O–H groups in total. The normalized spacial score (nSPS) is 19.3. The highest BCUT2D eigenvalue weighted by Gasteiger charge is 2.30. The van der Waals surface area contributed by atoms with Gasteiger partial charge in [-0.15, -0.1) is 24.8 Å². The number of rotatable bonds is 3. The molecule has 24 heavy (non-hydrogen) atoms. The lowest BCUT2D eigenvalue weighted by molar-refractivity contribution is 0.207. The second kappa shape index (κ2) is 8.34. The largest absolute Gasteiger partial charge is 0.488 e. The van der Waals surface area contributed by atoms with Crippen molar-refractivity contribution in [2.75, 3.05) is 13.1 Å². The van der Waals surface area contributed by atoms with E-state index in [0.29, 0.717) is 5.92 Å². The lowest BCUT2D eigenvalue weighted by atomic mass is 9.96. The van der Waals surface area contributed by atoms with Crippen molar-refractivity contribution in [3.63, 3.8) is 0 Å². The van der Waals surface area contributed by atoms with Crippen LogP contribution in [0.5, 0.6) is 5.75 Å². The average molecular weight is 363 g/mol. The number of hydrogen-bond acceptors (Lipinski definition) is 3. The van der Waals surface area contributed by atoms with E-state index < -0.39 is 0 Å². The molecule has 1 aliphatic heterocycles. The minimum Gasteiger partial charge on any atom is -0.488 e. The molecule has 4 rings (SSSR count). The van der Waals surface area contributed by atoms with Crippen LogP contribution in [0.4, 0.5) is 0 Å². The average Bonchev–Trinajstić information content (AvgIpc) is 3.04. The van der Waals surface area contributed by atoms with Crippen LogP contribution in [0.1, 0.15) is 11.5 Å². The van der Waals surface area contributed by atoms with Crippen LogP contribution in [-0.2, 0) is 0 Å². The summed E-state index contributed by atoms with van der Waals surface area (Å²) in [6, 6.07) is 18.8. The molecule has 0 saturated carbocycles. The third-order valence-corrected chi connectivity index (χ3v) is 4.31. The second-order valence-electron chi connectivity index (χ2n) is 5.68. The molecule has 5 heteroatoms. The molecule has 126 valence electrons. The monoisotopic (exact) mass is 362 g/mol. The van der Waals surface area contributed by atoms with E-state index in [2.05, 4.69) is 46.7 Å². The first-order chi connectivity index (χ1) is 10.9. The smallest absolute Gasteiger partial charge is 0.127 e. The van der Waals surface area contributed by atoms with Gasteiger partial charge in [0.1, 0.15) is 11.9 Å². The Morgan fingerprint density at radius 3 is 2.58 bits per heavy atom. The topological polar surface area (TPSA) is 34.1 Å². The maximum Gasteiger partial charge on any atom is 0.127 e. The number of nitrogens with zero attached hydrogens (tertiary/aromatic N) is 1. The fraction of sp³-hybridized carbons (Fsp3) is 0.211. The molecular weight excluding hydrogens is 343 g/mol. The van der Waals surface area contributed by atoms with E-state index in [9.17, 15) is 0 Å². The first-order valence-corrected chi connectivity index (χ1v) is 7.67. The summed E-state index contributed by atoms with van der Waals surface area (Å²) < 4.78 is 6.37. The zero-order valence-electron chi connectivity index (χ0n) is 13.1. The minimum absolute atomic E-state index is 0. The van der Waals surface area contributed by atoms with Crippen molar-refractivity contribution >= 4 is 35.6 Å². The molecule has 0 aliphatic carbocycles. The van der Waals surface area contributed by atoms with Crippen LogP contribution in [0.3, 0.4) is 0 Å². The molecule has 1 fully saturated rings. The van der Waals surface area contributed by atoms with Crippen LogP contribution in [0.15, 0.2) is 67.0 Å². The van der Waals surface area contributed by atoms with E-state index in [4.69, 9.17) is 4.74 Å². The minimum atomic E-state index is 0. The number of benzene rings is 2. The fourth-order valence-corrected chi connectivity index (χ4v) is 3.17. The predicted octanol–water partition coefficient (Wildman–Crippen LogP) is 4.21. The number of nitrogens with one attached hydrogen (secondary N) is 1. The zero-order valence-corrected chi connectivity index (χ0v) is 14.7. The lowest BCUT2D eigenvalue weighted by Gasteiger charge is -2.21. The summed E-state index contributed by atoms with van der Waals surface area (Å²) in [6.45, 7) is 1.84. The molecule has 0 unspecified atom stereocenters. The van der Waals surface area contributed by atoms with Gasteiger partial charge >= 0.3 is 0 Å². The van der Waals surface area contributed by atoms with Crippen LogP contribution in [-0.4, -0.2) is 24.2 Å². The summed E-state index contributed by atoms with van der Waals surface area (Å²) in [5.41, 5.74) is 1.33. The van der Waals surface area contributed by atoms with E-state index >= 15 is 0 Å². The summed E-state index contributed by atoms with van der Waals surface area (Å²) >= 11 is 0. The molecule has 2 aromatic carbocycles.